The molecule has 0 radical (unpaired) electrons. The zero-order valence-electron chi connectivity index (χ0n) is 17.4. The summed E-state index contributed by atoms with van der Waals surface area (Å²) in [4.78, 5) is 13.9. The Morgan fingerprint density at radius 3 is 2.42 bits per heavy atom. The summed E-state index contributed by atoms with van der Waals surface area (Å²) in [6.07, 6.45) is -6.31. The van der Waals surface area contributed by atoms with Crippen molar-refractivity contribution in [3.63, 3.8) is 0 Å². The third-order valence-corrected chi connectivity index (χ3v) is 6.57. The van der Waals surface area contributed by atoms with Crippen LogP contribution < -0.4 is 10.6 Å². The van der Waals surface area contributed by atoms with E-state index >= 15 is 0 Å². The maximum atomic E-state index is 13.2. The number of guanidine groups is 1. The molecule has 1 amide bonds. The van der Waals surface area contributed by atoms with Crippen LogP contribution in [0.2, 0.25) is 5.02 Å². The molecule has 1 aliphatic carbocycles. The van der Waals surface area contributed by atoms with E-state index in [1.165, 1.54) is 24.3 Å². The van der Waals surface area contributed by atoms with Crippen molar-refractivity contribution >= 4 is 34.8 Å². The fourth-order valence-electron chi connectivity index (χ4n) is 4.30. The number of hydrogen-bond acceptors (Lipinski definition) is 4. The SMILES string of the molecule is C[C@@]1(c2cccc(Nc3ccc(F)cc3)c2Cl)CC(=O)N([C@H]2C[C@](O)(C(F)(F)F)C2)C(=N)N1. The molecule has 4 rings (SSSR count). The van der Waals surface area contributed by atoms with Gasteiger partial charge in [-0.2, -0.15) is 13.2 Å². The number of halogens is 5. The summed E-state index contributed by atoms with van der Waals surface area (Å²) in [6.45, 7) is 1.67. The highest BCUT2D eigenvalue weighted by Crippen LogP contribution is 2.48. The fraction of sp³-hybridized carbons (Fsp3) is 0.364. The third kappa shape index (κ3) is 4.13. The van der Waals surface area contributed by atoms with Gasteiger partial charge >= 0.3 is 6.18 Å². The third-order valence-electron chi connectivity index (χ3n) is 6.16. The molecule has 2 aromatic carbocycles. The van der Waals surface area contributed by atoms with Crippen LogP contribution in [0, 0.1) is 11.2 Å². The zero-order chi connectivity index (χ0) is 24.2. The number of nitrogens with one attached hydrogen (secondary N) is 3. The molecule has 0 unspecified atom stereocenters. The van der Waals surface area contributed by atoms with Crippen LogP contribution in [0.1, 0.15) is 31.7 Å². The molecular formula is C22H21ClF4N4O2. The molecule has 1 heterocycles. The summed E-state index contributed by atoms with van der Waals surface area (Å²) >= 11 is 6.60. The minimum absolute atomic E-state index is 0.157. The molecule has 33 heavy (non-hydrogen) atoms. The Balaban J connectivity index is 1.53. The molecule has 1 saturated carbocycles. The second-order valence-corrected chi connectivity index (χ2v) is 9.01. The van der Waals surface area contributed by atoms with Gasteiger partial charge in [0.2, 0.25) is 5.91 Å². The number of rotatable bonds is 4. The molecule has 2 aromatic rings. The van der Waals surface area contributed by atoms with Crippen molar-refractivity contribution in [2.24, 2.45) is 0 Å². The highest BCUT2D eigenvalue weighted by Gasteiger charge is 2.63. The molecule has 2 aliphatic rings. The van der Waals surface area contributed by atoms with E-state index in [2.05, 4.69) is 10.6 Å². The average molecular weight is 485 g/mol. The maximum absolute atomic E-state index is 13.2. The second kappa shape index (κ2) is 7.88. The van der Waals surface area contributed by atoms with E-state index in [1.54, 1.807) is 25.1 Å². The molecule has 11 heteroatoms. The molecule has 0 aromatic heterocycles. The topological polar surface area (TPSA) is 88.5 Å². The number of carbonyl (C=O) groups excluding carboxylic acids is 1. The lowest BCUT2D eigenvalue weighted by atomic mass is 9.73. The lowest BCUT2D eigenvalue weighted by molar-refractivity contribution is -0.296. The monoisotopic (exact) mass is 484 g/mol. The normalized spacial score (nSPS) is 27.7. The Morgan fingerprint density at radius 2 is 1.85 bits per heavy atom. The minimum Gasteiger partial charge on any atom is -0.380 e. The van der Waals surface area contributed by atoms with Gasteiger partial charge in [0, 0.05) is 24.6 Å². The number of anilines is 2. The van der Waals surface area contributed by atoms with Gasteiger partial charge in [0.1, 0.15) is 5.82 Å². The fourth-order valence-corrected chi connectivity index (χ4v) is 4.69. The quantitative estimate of drug-likeness (QED) is 0.476. The Bertz CT molecular complexity index is 1080. The summed E-state index contributed by atoms with van der Waals surface area (Å²) in [5.41, 5.74) is -2.34. The lowest BCUT2D eigenvalue weighted by Gasteiger charge is -2.51. The Morgan fingerprint density at radius 1 is 1.21 bits per heavy atom. The number of aliphatic hydroxyl groups is 1. The van der Waals surface area contributed by atoms with Gasteiger partial charge in [0.25, 0.3) is 0 Å². The molecule has 0 bridgehead atoms. The molecule has 1 saturated heterocycles. The predicted octanol–water partition coefficient (Wildman–Crippen LogP) is 4.65. The summed E-state index contributed by atoms with van der Waals surface area (Å²) in [5.74, 6) is -1.28. The van der Waals surface area contributed by atoms with Crippen molar-refractivity contribution in [3.8, 4) is 0 Å². The number of alkyl halides is 3. The first-order chi connectivity index (χ1) is 15.3. The Kier molecular flexibility index (Phi) is 5.57. The van der Waals surface area contributed by atoms with Gasteiger partial charge in [-0.15, -0.1) is 0 Å². The van der Waals surface area contributed by atoms with Crippen LogP contribution in [0.3, 0.4) is 0 Å². The molecule has 176 valence electrons. The van der Waals surface area contributed by atoms with E-state index in [0.29, 0.717) is 16.9 Å². The van der Waals surface area contributed by atoms with Gasteiger partial charge in [0.15, 0.2) is 11.6 Å². The van der Waals surface area contributed by atoms with Gasteiger partial charge in [-0.05, 0) is 42.8 Å². The van der Waals surface area contributed by atoms with E-state index in [9.17, 15) is 27.5 Å². The van der Waals surface area contributed by atoms with Gasteiger partial charge in [0.05, 0.1) is 22.7 Å². The van der Waals surface area contributed by atoms with Crippen LogP contribution in [0.4, 0.5) is 28.9 Å². The van der Waals surface area contributed by atoms with E-state index in [-0.39, 0.29) is 23.2 Å². The van der Waals surface area contributed by atoms with Gasteiger partial charge in [-0.3, -0.25) is 15.1 Å². The largest absolute Gasteiger partial charge is 0.417 e. The smallest absolute Gasteiger partial charge is 0.380 e. The number of amides is 1. The molecular weight excluding hydrogens is 464 g/mol. The van der Waals surface area contributed by atoms with Crippen LogP contribution in [0.25, 0.3) is 0 Å². The number of nitrogens with zero attached hydrogens (tertiary/aromatic N) is 1. The molecule has 0 spiro atoms. The molecule has 2 fully saturated rings. The Hall–Kier alpha value is -2.85. The van der Waals surface area contributed by atoms with Crippen molar-refractivity contribution in [1.29, 1.82) is 5.41 Å². The van der Waals surface area contributed by atoms with E-state index in [4.69, 9.17) is 17.0 Å². The minimum atomic E-state index is -4.79. The van der Waals surface area contributed by atoms with E-state index in [1.807, 2.05) is 0 Å². The average Bonchev–Trinajstić information content (AvgIpc) is 2.68. The summed E-state index contributed by atoms with van der Waals surface area (Å²) in [6, 6.07) is 9.83. The molecule has 1 aliphatic heterocycles. The van der Waals surface area contributed by atoms with Gasteiger partial charge in [-0.1, -0.05) is 23.7 Å². The van der Waals surface area contributed by atoms with Gasteiger partial charge in [-0.25, -0.2) is 4.39 Å². The van der Waals surface area contributed by atoms with E-state index < -0.39 is 42.1 Å². The predicted molar refractivity (Wildman–Crippen MR) is 115 cm³/mol. The first-order valence-electron chi connectivity index (χ1n) is 10.1. The van der Waals surface area contributed by atoms with Gasteiger partial charge < -0.3 is 15.7 Å². The molecule has 6 nitrogen and oxygen atoms in total. The van der Waals surface area contributed by atoms with Crippen LogP contribution in [-0.2, 0) is 10.3 Å². The number of benzene rings is 2. The van der Waals surface area contributed by atoms with E-state index in [0.717, 1.165) is 4.90 Å². The van der Waals surface area contributed by atoms with Crippen LogP contribution >= 0.6 is 11.6 Å². The zero-order valence-corrected chi connectivity index (χ0v) is 18.2. The highest BCUT2D eigenvalue weighted by molar-refractivity contribution is 6.34. The van der Waals surface area contributed by atoms with Crippen molar-refractivity contribution < 1.29 is 27.5 Å². The second-order valence-electron chi connectivity index (χ2n) is 8.64. The van der Waals surface area contributed by atoms with Crippen molar-refractivity contribution in [2.45, 2.75) is 49.5 Å². The number of carbonyl (C=O) groups is 1. The first-order valence-corrected chi connectivity index (χ1v) is 10.5. The van der Waals surface area contributed by atoms with Crippen molar-refractivity contribution in [2.75, 3.05) is 5.32 Å². The van der Waals surface area contributed by atoms with Crippen molar-refractivity contribution in [1.82, 2.24) is 10.2 Å². The summed E-state index contributed by atoms with van der Waals surface area (Å²) in [7, 11) is 0. The lowest BCUT2D eigenvalue weighted by Crippen LogP contribution is -2.69. The first kappa shape index (κ1) is 23.3. The van der Waals surface area contributed by atoms with Crippen LogP contribution in [0.15, 0.2) is 42.5 Å². The summed E-state index contributed by atoms with van der Waals surface area (Å²) in [5, 5.41) is 24.3. The summed E-state index contributed by atoms with van der Waals surface area (Å²) < 4.78 is 52.0. The van der Waals surface area contributed by atoms with Crippen LogP contribution in [-0.4, -0.2) is 39.7 Å². The van der Waals surface area contributed by atoms with Crippen molar-refractivity contribution in [3.05, 3.63) is 58.9 Å². The molecule has 1 atom stereocenters. The number of hydrogen-bond donors (Lipinski definition) is 4. The Labute approximate surface area is 192 Å². The van der Waals surface area contributed by atoms with Crippen LogP contribution in [0.5, 0.6) is 0 Å². The standard InChI is InChI=1S/C22H21ClF4N4O2/c1-20(15-3-2-4-16(18(15)23)29-13-7-5-12(24)6-8-13)11-17(32)31(19(28)30-20)14-9-21(33,10-14)22(25,26)27/h2-8,14,29,33H,9-11H2,1H3,(H2,28,30)/t14-,20-,21+/m0/s1. The highest BCUT2D eigenvalue weighted by atomic mass is 35.5. The molecule has 4 N–H and O–H groups in total. The maximum Gasteiger partial charge on any atom is 0.417 e.